The molecule has 0 amide bonds. The predicted molar refractivity (Wildman–Crippen MR) is 133 cm³/mol. The number of benzene rings is 3. The molecule has 1 N–H and O–H groups in total. The molecular formula is C28H32ClNO3. The number of aliphatic hydroxyl groups is 1. The Bertz CT molecular complexity index is 988. The van der Waals surface area contributed by atoms with Crippen LogP contribution in [0.2, 0.25) is 5.02 Å². The highest BCUT2D eigenvalue weighted by Gasteiger charge is 2.40. The van der Waals surface area contributed by atoms with E-state index in [9.17, 15) is 5.11 Å². The van der Waals surface area contributed by atoms with Crippen molar-refractivity contribution in [3.8, 4) is 5.75 Å². The zero-order valence-electron chi connectivity index (χ0n) is 19.1. The Balaban J connectivity index is 1.77. The maximum Gasteiger partial charge on any atom is 0.119 e. The summed E-state index contributed by atoms with van der Waals surface area (Å²) in [7, 11) is 0. The van der Waals surface area contributed by atoms with E-state index in [1.165, 1.54) is 0 Å². The van der Waals surface area contributed by atoms with Crippen molar-refractivity contribution in [2.75, 3.05) is 39.5 Å². The van der Waals surface area contributed by atoms with Crippen LogP contribution in [0.3, 0.4) is 0 Å². The van der Waals surface area contributed by atoms with Crippen molar-refractivity contribution in [3.63, 3.8) is 0 Å². The quantitative estimate of drug-likeness (QED) is 0.466. The van der Waals surface area contributed by atoms with Crippen molar-refractivity contribution in [2.45, 2.75) is 24.9 Å². The van der Waals surface area contributed by atoms with Crippen LogP contribution in [0, 0.1) is 0 Å². The summed E-state index contributed by atoms with van der Waals surface area (Å²) in [6, 6.07) is 26.0. The van der Waals surface area contributed by atoms with Gasteiger partial charge < -0.3 is 14.6 Å². The molecule has 0 unspecified atom stereocenters. The first-order valence-corrected chi connectivity index (χ1v) is 12.0. The summed E-state index contributed by atoms with van der Waals surface area (Å²) in [5.41, 5.74) is 1.91. The molecule has 4 rings (SSSR count). The summed E-state index contributed by atoms with van der Waals surface area (Å²) in [5, 5.41) is 13.2. The lowest BCUT2D eigenvalue weighted by molar-refractivity contribution is -0.0223. The van der Waals surface area contributed by atoms with E-state index in [-0.39, 0.29) is 5.92 Å². The van der Waals surface area contributed by atoms with E-state index in [0.29, 0.717) is 31.3 Å². The molecule has 0 aromatic heterocycles. The second-order valence-corrected chi connectivity index (χ2v) is 9.00. The molecular weight excluding hydrogens is 434 g/mol. The fourth-order valence-electron chi connectivity index (χ4n) is 4.61. The SMILES string of the molecule is CCOc1ccc([C@](O)(Cc2ccccc2)[C@H](CN2CCOCC2)c2ccc(Cl)cc2)cc1. The third-order valence-electron chi connectivity index (χ3n) is 6.37. The lowest BCUT2D eigenvalue weighted by atomic mass is 9.73. The third-order valence-corrected chi connectivity index (χ3v) is 6.63. The smallest absolute Gasteiger partial charge is 0.119 e. The zero-order valence-corrected chi connectivity index (χ0v) is 19.9. The Hall–Kier alpha value is -2.37. The third kappa shape index (κ3) is 5.96. The molecule has 1 aliphatic rings. The van der Waals surface area contributed by atoms with E-state index in [1.54, 1.807) is 0 Å². The number of nitrogens with zero attached hydrogens (tertiary/aromatic N) is 1. The van der Waals surface area contributed by atoms with Gasteiger partial charge in [0.2, 0.25) is 0 Å². The first-order valence-electron chi connectivity index (χ1n) is 11.6. The topological polar surface area (TPSA) is 41.9 Å². The van der Waals surface area contributed by atoms with Crippen molar-refractivity contribution in [2.24, 2.45) is 0 Å². The monoisotopic (exact) mass is 465 g/mol. The lowest BCUT2D eigenvalue weighted by Crippen LogP contribution is -2.45. The van der Waals surface area contributed by atoms with Gasteiger partial charge >= 0.3 is 0 Å². The first kappa shape index (κ1) is 23.8. The van der Waals surface area contributed by atoms with Crippen LogP contribution < -0.4 is 4.74 Å². The summed E-state index contributed by atoms with van der Waals surface area (Å²) < 4.78 is 11.2. The van der Waals surface area contributed by atoms with E-state index in [1.807, 2.05) is 73.7 Å². The number of halogens is 1. The number of ether oxygens (including phenoxy) is 2. The van der Waals surface area contributed by atoms with E-state index in [0.717, 1.165) is 42.1 Å². The van der Waals surface area contributed by atoms with Gasteiger partial charge in [0, 0.05) is 37.0 Å². The Morgan fingerprint density at radius 3 is 2.27 bits per heavy atom. The molecule has 174 valence electrons. The molecule has 3 aromatic rings. The average Bonchev–Trinajstić information content (AvgIpc) is 2.85. The molecule has 0 bridgehead atoms. The van der Waals surface area contributed by atoms with Gasteiger partial charge in [-0.15, -0.1) is 0 Å². The highest BCUT2D eigenvalue weighted by Crippen LogP contribution is 2.41. The molecule has 1 aliphatic heterocycles. The molecule has 0 spiro atoms. The highest BCUT2D eigenvalue weighted by molar-refractivity contribution is 6.30. The highest BCUT2D eigenvalue weighted by atomic mass is 35.5. The molecule has 1 saturated heterocycles. The Kier molecular flexibility index (Phi) is 8.05. The van der Waals surface area contributed by atoms with Gasteiger partial charge in [0.1, 0.15) is 11.4 Å². The maximum absolute atomic E-state index is 12.5. The summed E-state index contributed by atoms with van der Waals surface area (Å²) in [6.45, 7) is 6.45. The van der Waals surface area contributed by atoms with Gasteiger partial charge in [-0.2, -0.15) is 0 Å². The van der Waals surface area contributed by atoms with Gasteiger partial charge in [0.15, 0.2) is 0 Å². The molecule has 1 heterocycles. The summed E-state index contributed by atoms with van der Waals surface area (Å²) >= 11 is 6.21. The Morgan fingerprint density at radius 1 is 0.970 bits per heavy atom. The zero-order chi connectivity index (χ0) is 23.1. The minimum atomic E-state index is -1.13. The van der Waals surface area contributed by atoms with Crippen molar-refractivity contribution in [1.29, 1.82) is 0 Å². The fraction of sp³-hybridized carbons (Fsp3) is 0.357. The van der Waals surface area contributed by atoms with Crippen LogP contribution in [-0.2, 0) is 16.8 Å². The van der Waals surface area contributed by atoms with Gasteiger partial charge in [-0.1, -0.05) is 66.2 Å². The molecule has 0 radical (unpaired) electrons. The minimum Gasteiger partial charge on any atom is -0.494 e. The largest absolute Gasteiger partial charge is 0.494 e. The molecule has 1 fully saturated rings. The predicted octanol–water partition coefficient (Wildman–Crippen LogP) is 5.29. The normalized spacial score (nSPS) is 17.3. The van der Waals surface area contributed by atoms with Crippen molar-refractivity contribution >= 4 is 11.6 Å². The second-order valence-electron chi connectivity index (χ2n) is 8.56. The first-order chi connectivity index (χ1) is 16.1. The van der Waals surface area contributed by atoms with Gasteiger partial charge in [-0.3, -0.25) is 4.90 Å². The van der Waals surface area contributed by atoms with Crippen molar-refractivity contribution in [3.05, 3.63) is 101 Å². The average molecular weight is 466 g/mol. The van der Waals surface area contributed by atoms with Gasteiger partial charge in [0.05, 0.1) is 19.8 Å². The van der Waals surface area contributed by atoms with Gasteiger partial charge in [-0.25, -0.2) is 0 Å². The van der Waals surface area contributed by atoms with Crippen LogP contribution in [0.25, 0.3) is 0 Å². The molecule has 3 aromatic carbocycles. The minimum absolute atomic E-state index is 0.161. The Morgan fingerprint density at radius 2 is 1.64 bits per heavy atom. The maximum atomic E-state index is 12.5. The Labute approximate surface area is 201 Å². The van der Waals surface area contributed by atoms with E-state index < -0.39 is 5.60 Å². The van der Waals surface area contributed by atoms with E-state index in [4.69, 9.17) is 21.1 Å². The standard InChI is InChI=1S/C28H32ClNO3/c1-2-33-26-14-10-24(11-15-26)28(31,20-22-6-4-3-5-7-22)27(21-30-16-18-32-19-17-30)23-8-12-25(29)13-9-23/h3-15,27,31H,2,16-21H2,1H3/t27-,28-/m1/s1. The van der Waals surface area contributed by atoms with Crippen LogP contribution in [-0.4, -0.2) is 49.5 Å². The van der Waals surface area contributed by atoms with E-state index in [2.05, 4.69) is 17.0 Å². The van der Waals surface area contributed by atoms with Gasteiger partial charge in [-0.05, 0) is 47.9 Å². The molecule has 33 heavy (non-hydrogen) atoms. The van der Waals surface area contributed by atoms with Crippen LogP contribution >= 0.6 is 11.6 Å². The molecule has 0 saturated carbocycles. The lowest BCUT2D eigenvalue weighted by Gasteiger charge is -2.41. The summed E-state index contributed by atoms with van der Waals surface area (Å²) in [5.74, 6) is 0.644. The summed E-state index contributed by atoms with van der Waals surface area (Å²) in [4.78, 5) is 2.38. The van der Waals surface area contributed by atoms with Crippen LogP contribution in [0.1, 0.15) is 29.5 Å². The number of morpholine rings is 1. The van der Waals surface area contributed by atoms with Crippen molar-refractivity contribution in [1.82, 2.24) is 4.90 Å². The van der Waals surface area contributed by atoms with Crippen LogP contribution in [0.4, 0.5) is 0 Å². The molecule has 2 atom stereocenters. The molecule has 4 nitrogen and oxygen atoms in total. The number of hydrogen-bond donors (Lipinski definition) is 1. The van der Waals surface area contributed by atoms with Crippen LogP contribution in [0.15, 0.2) is 78.9 Å². The van der Waals surface area contributed by atoms with Crippen molar-refractivity contribution < 1.29 is 14.6 Å². The summed E-state index contributed by atoms with van der Waals surface area (Å²) in [6.07, 6.45) is 0.499. The van der Waals surface area contributed by atoms with E-state index >= 15 is 0 Å². The number of rotatable bonds is 9. The van der Waals surface area contributed by atoms with Gasteiger partial charge in [0.25, 0.3) is 0 Å². The molecule has 5 heteroatoms. The number of hydrogen-bond acceptors (Lipinski definition) is 4. The fourth-order valence-corrected chi connectivity index (χ4v) is 4.74. The molecule has 0 aliphatic carbocycles. The van der Waals surface area contributed by atoms with Crippen LogP contribution in [0.5, 0.6) is 5.75 Å². The second kappa shape index (κ2) is 11.2.